The van der Waals surface area contributed by atoms with Crippen molar-refractivity contribution < 1.29 is 5.11 Å². The molecule has 0 saturated carbocycles. The minimum absolute atomic E-state index is 0.155. The molecule has 1 N–H and O–H groups in total. The molecule has 2 aromatic carbocycles. The van der Waals surface area contributed by atoms with Gasteiger partial charge in [0.15, 0.2) is 0 Å². The lowest BCUT2D eigenvalue weighted by Gasteiger charge is -2.32. The average molecular weight is 332 g/mol. The van der Waals surface area contributed by atoms with E-state index in [1.54, 1.807) is 0 Å². The molecule has 0 spiro atoms. The second-order valence-electron chi connectivity index (χ2n) is 6.13. The molecule has 0 saturated heterocycles. The van der Waals surface area contributed by atoms with E-state index < -0.39 is 0 Å². The number of benzene rings is 2. The van der Waals surface area contributed by atoms with Crippen LogP contribution in [0, 0.1) is 0 Å². The number of aromatic nitrogens is 1. The highest BCUT2D eigenvalue weighted by atomic mass is 16.3. The zero-order valence-electron chi connectivity index (χ0n) is 14.3. The quantitative estimate of drug-likeness (QED) is 0.676. The molecule has 0 radical (unpaired) electrons. The van der Waals surface area contributed by atoms with Gasteiger partial charge < -0.3 is 5.11 Å². The summed E-state index contributed by atoms with van der Waals surface area (Å²) in [6.45, 7) is 1.84. The maximum atomic E-state index is 9.37. The van der Waals surface area contributed by atoms with Gasteiger partial charge in [0.2, 0.25) is 0 Å². The number of hydrogen-bond donors (Lipinski definition) is 1. The highest BCUT2D eigenvalue weighted by Gasteiger charge is 2.22. The summed E-state index contributed by atoms with van der Waals surface area (Å²) in [4.78, 5) is 6.54. The van der Waals surface area contributed by atoms with Crippen LogP contribution in [0.5, 0.6) is 0 Å². The third-order valence-electron chi connectivity index (χ3n) is 4.33. The van der Waals surface area contributed by atoms with Crippen LogP contribution in [0.2, 0.25) is 0 Å². The predicted molar refractivity (Wildman–Crippen MR) is 101 cm³/mol. The molecule has 3 nitrogen and oxygen atoms in total. The third-order valence-corrected chi connectivity index (χ3v) is 4.33. The molecular formula is C22H24N2O. The number of nitrogens with zero attached hydrogens (tertiary/aromatic N) is 2. The van der Waals surface area contributed by atoms with Crippen molar-refractivity contribution in [3.8, 4) is 0 Å². The van der Waals surface area contributed by atoms with Crippen molar-refractivity contribution in [1.29, 1.82) is 0 Å². The largest absolute Gasteiger partial charge is 0.396 e. The third kappa shape index (κ3) is 4.75. The first-order chi connectivity index (χ1) is 12.4. The zero-order valence-corrected chi connectivity index (χ0v) is 14.3. The van der Waals surface area contributed by atoms with Crippen molar-refractivity contribution in [3.05, 3.63) is 102 Å². The molecule has 3 aromatic rings. The number of aliphatic hydroxyl groups is 1. The molecule has 0 aliphatic rings. The van der Waals surface area contributed by atoms with Gasteiger partial charge >= 0.3 is 0 Å². The summed E-state index contributed by atoms with van der Waals surface area (Å²) in [5.74, 6) is 0. The average Bonchev–Trinajstić information content (AvgIpc) is 2.69. The molecule has 0 amide bonds. The van der Waals surface area contributed by atoms with Gasteiger partial charge in [-0.2, -0.15) is 0 Å². The predicted octanol–water partition coefficient (Wildman–Crippen LogP) is 4.06. The van der Waals surface area contributed by atoms with E-state index in [-0.39, 0.29) is 12.6 Å². The lowest BCUT2D eigenvalue weighted by Crippen LogP contribution is -2.30. The van der Waals surface area contributed by atoms with E-state index in [1.807, 2.05) is 24.5 Å². The molecule has 0 unspecified atom stereocenters. The second kappa shape index (κ2) is 9.11. The minimum Gasteiger partial charge on any atom is -0.396 e. The van der Waals surface area contributed by atoms with Crippen molar-refractivity contribution in [2.75, 3.05) is 13.2 Å². The van der Waals surface area contributed by atoms with Crippen molar-refractivity contribution in [3.63, 3.8) is 0 Å². The van der Waals surface area contributed by atoms with E-state index in [0.717, 1.165) is 19.5 Å². The van der Waals surface area contributed by atoms with Crippen LogP contribution < -0.4 is 0 Å². The molecule has 3 rings (SSSR count). The topological polar surface area (TPSA) is 36.4 Å². The van der Waals surface area contributed by atoms with Crippen LogP contribution in [0.3, 0.4) is 0 Å². The maximum absolute atomic E-state index is 9.37. The summed E-state index contributed by atoms with van der Waals surface area (Å²) >= 11 is 0. The summed E-state index contributed by atoms with van der Waals surface area (Å²) in [7, 11) is 0. The van der Waals surface area contributed by atoms with Gasteiger partial charge in [0.25, 0.3) is 0 Å². The van der Waals surface area contributed by atoms with Gasteiger partial charge in [0.05, 0.1) is 6.04 Å². The number of rotatable bonds is 8. The molecule has 3 heteroatoms. The van der Waals surface area contributed by atoms with Crippen molar-refractivity contribution >= 4 is 0 Å². The number of aliphatic hydroxyl groups excluding tert-OH is 1. The Labute approximate surface area is 149 Å². The lowest BCUT2D eigenvalue weighted by atomic mass is 9.96. The number of hydrogen-bond acceptors (Lipinski definition) is 3. The fraction of sp³-hybridized carbons (Fsp3) is 0.227. The van der Waals surface area contributed by atoms with Gasteiger partial charge in [-0.3, -0.25) is 9.88 Å². The maximum Gasteiger partial charge on any atom is 0.0604 e. The molecule has 0 aliphatic heterocycles. The van der Waals surface area contributed by atoms with Gasteiger partial charge in [-0.25, -0.2) is 0 Å². The van der Waals surface area contributed by atoms with Crippen molar-refractivity contribution in [2.24, 2.45) is 0 Å². The van der Waals surface area contributed by atoms with Crippen LogP contribution in [0.25, 0.3) is 0 Å². The van der Waals surface area contributed by atoms with Gasteiger partial charge in [-0.05, 0) is 35.2 Å². The molecule has 1 aromatic heterocycles. The first-order valence-electron chi connectivity index (χ1n) is 8.72. The Morgan fingerprint density at radius 3 is 1.88 bits per heavy atom. The van der Waals surface area contributed by atoms with Crippen LogP contribution in [0.15, 0.2) is 85.2 Å². The Kier molecular flexibility index (Phi) is 6.32. The second-order valence-corrected chi connectivity index (χ2v) is 6.13. The first kappa shape index (κ1) is 17.3. The smallest absolute Gasteiger partial charge is 0.0604 e. The van der Waals surface area contributed by atoms with Crippen LogP contribution in [0.1, 0.15) is 29.2 Å². The van der Waals surface area contributed by atoms with Gasteiger partial charge in [0, 0.05) is 32.1 Å². The van der Waals surface area contributed by atoms with Crippen LogP contribution in [-0.2, 0) is 6.54 Å². The van der Waals surface area contributed by atoms with Gasteiger partial charge in [0.1, 0.15) is 0 Å². The fourth-order valence-corrected chi connectivity index (χ4v) is 3.18. The Balaban J connectivity index is 1.97. The fourth-order valence-electron chi connectivity index (χ4n) is 3.18. The summed E-state index contributed by atoms with van der Waals surface area (Å²) in [5, 5.41) is 9.37. The molecular weight excluding hydrogens is 308 g/mol. The summed E-state index contributed by atoms with van der Waals surface area (Å²) < 4.78 is 0. The van der Waals surface area contributed by atoms with E-state index in [1.165, 1.54) is 16.7 Å². The van der Waals surface area contributed by atoms with E-state index in [9.17, 15) is 5.11 Å². The first-order valence-corrected chi connectivity index (χ1v) is 8.72. The Bertz CT molecular complexity index is 692. The molecule has 1 heterocycles. The van der Waals surface area contributed by atoms with Crippen LogP contribution in [0.4, 0.5) is 0 Å². The van der Waals surface area contributed by atoms with Crippen molar-refractivity contribution in [2.45, 2.75) is 19.0 Å². The van der Waals surface area contributed by atoms with E-state index >= 15 is 0 Å². The molecule has 0 aliphatic carbocycles. The van der Waals surface area contributed by atoms with Gasteiger partial charge in [-0.15, -0.1) is 0 Å². The molecule has 0 bridgehead atoms. The molecule has 0 fully saturated rings. The van der Waals surface area contributed by atoms with Crippen LogP contribution in [-0.4, -0.2) is 28.1 Å². The van der Waals surface area contributed by atoms with E-state index in [0.29, 0.717) is 0 Å². The lowest BCUT2D eigenvalue weighted by molar-refractivity contribution is 0.187. The van der Waals surface area contributed by atoms with Gasteiger partial charge in [-0.1, -0.05) is 60.7 Å². The van der Waals surface area contributed by atoms with Crippen molar-refractivity contribution in [1.82, 2.24) is 9.88 Å². The zero-order chi connectivity index (χ0) is 17.3. The normalized spacial score (nSPS) is 11.2. The highest BCUT2D eigenvalue weighted by Crippen LogP contribution is 2.30. The minimum atomic E-state index is 0.155. The van der Waals surface area contributed by atoms with E-state index in [4.69, 9.17) is 0 Å². The van der Waals surface area contributed by atoms with E-state index in [2.05, 4.69) is 70.5 Å². The summed E-state index contributed by atoms with van der Waals surface area (Å²) in [5.41, 5.74) is 3.76. The Hall–Kier alpha value is -2.49. The molecule has 0 atom stereocenters. The highest BCUT2D eigenvalue weighted by molar-refractivity contribution is 5.32. The number of pyridine rings is 1. The Morgan fingerprint density at radius 2 is 1.36 bits per heavy atom. The Morgan fingerprint density at radius 1 is 0.800 bits per heavy atom. The standard InChI is InChI=1S/C22H24N2O/c25-17-7-16-24(18-19-12-14-23-15-13-19)22(20-8-3-1-4-9-20)21-10-5-2-6-11-21/h1-6,8-15,22,25H,7,16-18H2. The molecule has 25 heavy (non-hydrogen) atoms. The summed E-state index contributed by atoms with van der Waals surface area (Å²) in [6.07, 6.45) is 4.42. The molecule has 128 valence electrons. The monoisotopic (exact) mass is 332 g/mol. The van der Waals surface area contributed by atoms with Crippen LogP contribution >= 0.6 is 0 Å². The SMILES string of the molecule is OCCCN(Cc1ccncc1)C(c1ccccc1)c1ccccc1. The summed E-state index contributed by atoms with van der Waals surface area (Å²) in [6, 6.07) is 25.4.